The van der Waals surface area contributed by atoms with Crippen molar-refractivity contribution in [3.8, 4) is 22.8 Å². The normalized spacial score (nSPS) is 10.6. The number of H-pyrrole nitrogens is 1. The molecule has 0 saturated heterocycles. The highest BCUT2D eigenvalue weighted by Crippen LogP contribution is 2.29. The Morgan fingerprint density at radius 2 is 1.40 bits per heavy atom. The molecule has 6 nitrogen and oxygen atoms in total. The number of carbonyl (C=O) groups excluding carboxylic acids is 1. The summed E-state index contributed by atoms with van der Waals surface area (Å²) in [6.45, 7) is 0. The molecule has 0 fully saturated rings. The molecule has 0 aliphatic rings. The van der Waals surface area contributed by atoms with Gasteiger partial charge in [-0.3, -0.25) is 24.8 Å². The van der Waals surface area contributed by atoms with Crippen LogP contribution in [0.3, 0.4) is 0 Å². The van der Waals surface area contributed by atoms with Crippen LogP contribution in [0.5, 0.6) is 0 Å². The number of hydrogen-bond acceptors (Lipinski definition) is 5. The maximum atomic E-state index is 13.1. The van der Waals surface area contributed by atoms with E-state index in [4.69, 9.17) is 0 Å². The van der Waals surface area contributed by atoms with Crippen molar-refractivity contribution < 1.29 is 4.79 Å². The summed E-state index contributed by atoms with van der Waals surface area (Å²) in [7, 11) is 0. The summed E-state index contributed by atoms with van der Waals surface area (Å²) in [6.07, 6.45) is 4.93. The van der Waals surface area contributed by atoms with Gasteiger partial charge in [-0.05, 0) is 36.4 Å². The first-order valence-corrected chi connectivity index (χ1v) is 7.71. The summed E-state index contributed by atoms with van der Waals surface area (Å²) in [5.74, 6) is -0.226. The summed E-state index contributed by atoms with van der Waals surface area (Å²) >= 11 is 0. The third-order valence-corrected chi connectivity index (χ3v) is 3.72. The average molecular weight is 327 g/mol. The van der Waals surface area contributed by atoms with Crippen LogP contribution in [0, 0.1) is 0 Å². The maximum absolute atomic E-state index is 13.1. The van der Waals surface area contributed by atoms with E-state index in [1.807, 2.05) is 36.4 Å². The first-order chi connectivity index (χ1) is 12.3. The van der Waals surface area contributed by atoms with Gasteiger partial charge in [-0.1, -0.05) is 18.2 Å². The van der Waals surface area contributed by atoms with Gasteiger partial charge >= 0.3 is 0 Å². The van der Waals surface area contributed by atoms with E-state index >= 15 is 0 Å². The second kappa shape index (κ2) is 6.45. The molecule has 4 aromatic rings. The molecule has 1 N–H and O–H groups in total. The van der Waals surface area contributed by atoms with Crippen molar-refractivity contribution in [3.63, 3.8) is 0 Å². The van der Waals surface area contributed by atoms with E-state index < -0.39 is 0 Å². The lowest BCUT2D eigenvalue weighted by atomic mass is 10.0. The van der Waals surface area contributed by atoms with Gasteiger partial charge in [-0.2, -0.15) is 5.10 Å². The number of nitrogens with one attached hydrogen (secondary N) is 1. The number of ketones is 1. The molecular formula is C19H13N5O. The smallest absolute Gasteiger partial charge is 0.215 e. The largest absolute Gasteiger partial charge is 0.287 e. The van der Waals surface area contributed by atoms with Crippen LogP contribution in [-0.4, -0.2) is 30.9 Å². The van der Waals surface area contributed by atoms with Gasteiger partial charge in [0.2, 0.25) is 5.78 Å². The Labute approximate surface area is 143 Å². The first kappa shape index (κ1) is 14.9. The fraction of sp³-hybridized carbons (Fsp3) is 0. The van der Waals surface area contributed by atoms with Crippen LogP contribution in [-0.2, 0) is 0 Å². The van der Waals surface area contributed by atoms with Crippen LogP contribution < -0.4 is 0 Å². The zero-order valence-corrected chi connectivity index (χ0v) is 13.1. The van der Waals surface area contributed by atoms with Crippen molar-refractivity contribution in [1.82, 2.24) is 25.1 Å². The molecule has 0 aromatic carbocycles. The van der Waals surface area contributed by atoms with E-state index in [-0.39, 0.29) is 5.78 Å². The molecule has 4 rings (SSSR count). The Morgan fingerprint density at radius 1 is 0.760 bits per heavy atom. The molecule has 0 radical (unpaired) electrons. The molecule has 0 bridgehead atoms. The zero-order valence-electron chi connectivity index (χ0n) is 13.1. The van der Waals surface area contributed by atoms with E-state index in [1.54, 1.807) is 36.8 Å². The highest BCUT2D eigenvalue weighted by molar-refractivity contribution is 6.14. The van der Waals surface area contributed by atoms with E-state index in [0.29, 0.717) is 34.0 Å². The van der Waals surface area contributed by atoms with E-state index in [9.17, 15) is 4.79 Å². The standard InChI is InChI=1S/C19H13N5O/c25-19(15-9-3-6-12-22-15)16-17(13-7-1-4-10-20-13)23-24-18(16)14-8-2-5-11-21-14/h1-12H,(H,23,24). The SMILES string of the molecule is O=C(c1ccccn1)c1c(-c2ccccn2)n[nH]c1-c1ccccn1. The van der Waals surface area contributed by atoms with Crippen LogP contribution >= 0.6 is 0 Å². The monoisotopic (exact) mass is 327 g/mol. The molecule has 0 atom stereocenters. The van der Waals surface area contributed by atoms with Crippen LogP contribution in [0.4, 0.5) is 0 Å². The number of nitrogens with zero attached hydrogens (tertiary/aromatic N) is 4. The molecule has 0 unspecified atom stereocenters. The number of carbonyl (C=O) groups is 1. The van der Waals surface area contributed by atoms with Crippen molar-refractivity contribution in [2.45, 2.75) is 0 Å². The maximum Gasteiger partial charge on any atom is 0.215 e. The predicted octanol–water partition coefficient (Wildman–Crippen LogP) is 3.16. The van der Waals surface area contributed by atoms with E-state index in [1.165, 1.54) is 0 Å². The predicted molar refractivity (Wildman–Crippen MR) is 92.7 cm³/mol. The average Bonchev–Trinajstić information content (AvgIpc) is 3.14. The fourth-order valence-electron chi connectivity index (χ4n) is 2.57. The zero-order chi connectivity index (χ0) is 17.1. The molecule has 0 spiro atoms. The minimum absolute atomic E-state index is 0.226. The summed E-state index contributed by atoms with van der Waals surface area (Å²) in [5, 5.41) is 7.27. The molecule has 0 aliphatic carbocycles. The molecule has 6 heteroatoms. The van der Waals surface area contributed by atoms with Gasteiger partial charge in [0.05, 0.1) is 22.6 Å². The Hall–Kier alpha value is -3.67. The van der Waals surface area contributed by atoms with Crippen molar-refractivity contribution in [2.24, 2.45) is 0 Å². The number of aromatic amines is 1. The highest BCUT2D eigenvalue weighted by Gasteiger charge is 2.25. The number of rotatable bonds is 4. The van der Waals surface area contributed by atoms with Gasteiger partial charge in [0.1, 0.15) is 11.4 Å². The van der Waals surface area contributed by atoms with Gasteiger partial charge in [-0.15, -0.1) is 0 Å². The Bertz CT molecular complexity index is 941. The second-order valence-electron chi connectivity index (χ2n) is 5.30. The third kappa shape index (κ3) is 2.81. The van der Waals surface area contributed by atoms with Crippen molar-refractivity contribution in [3.05, 3.63) is 84.4 Å². The highest BCUT2D eigenvalue weighted by atomic mass is 16.1. The topological polar surface area (TPSA) is 84.4 Å². The van der Waals surface area contributed by atoms with Crippen molar-refractivity contribution in [1.29, 1.82) is 0 Å². The van der Waals surface area contributed by atoms with Crippen molar-refractivity contribution in [2.75, 3.05) is 0 Å². The lowest BCUT2D eigenvalue weighted by molar-refractivity contribution is 0.103. The Balaban J connectivity index is 1.93. The first-order valence-electron chi connectivity index (χ1n) is 7.71. The number of hydrogen-bond donors (Lipinski definition) is 1. The Morgan fingerprint density at radius 3 is 2.00 bits per heavy atom. The van der Waals surface area contributed by atoms with Crippen LogP contribution in [0.1, 0.15) is 16.1 Å². The molecule has 0 aliphatic heterocycles. The summed E-state index contributed by atoms with van der Waals surface area (Å²) in [5.41, 5.74) is 3.04. The molecule has 4 aromatic heterocycles. The van der Waals surface area contributed by atoms with Crippen molar-refractivity contribution >= 4 is 5.78 Å². The third-order valence-electron chi connectivity index (χ3n) is 3.72. The molecule has 0 amide bonds. The van der Waals surface area contributed by atoms with Gasteiger partial charge in [-0.25, -0.2) is 0 Å². The summed E-state index contributed by atoms with van der Waals surface area (Å²) in [6, 6.07) is 16.2. The Kier molecular flexibility index (Phi) is 3.84. The second-order valence-corrected chi connectivity index (χ2v) is 5.30. The van der Waals surface area contributed by atoms with E-state index in [2.05, 4.69) is 25.1 Å². The van der Waals surface area contributed by atoms with Gasteiger partial charge < -0.3 is 0 Å². The molecule has 0 saturated carbocycles. The molecule has 120 valence electrons. The van der Waals surface area contributed by atoms with Crippen LogP contribution in [0.2, 0.25) is 0 Å². The van der Waals surface area contributed by atoms with Gasteiger partial charge in [0.25, 0.3) is 0 Å². The molecule has 25 heavy (non-hydrogen) atoms. The summed E-state index contributed by atoms with van der Waals surface area (Å²) < 4.78 is 0. The molecule has 4 heterocycles. The lowest BCUT2D eigenvalue weighted by Gasteiger charge is -2.04. The number of pyridine rings is 3. The number of aromatic nitrogens is 5. The van der Waals surface area contributed by atoms with Crippen LogP contribution in [0.25, 0.3) is 22.8 Å². The van der Waals surface area contributed by atoms with E-state index in [0.717, 1.165) is 0 Å². The van der Waals surface area contributed by atoms with Gasteiger partial charge in [0, 0.05) is 18.6 Å². The summed E-state index contributed by atoms with van der Waals surface area (Å²) in [4.78, 5) is 25.9. The fourth-order valence-corrected chi connectivity index (χ4v) is 2.57. The minimum Gasteiger partial charge on any atom is -0.287 e. The van der Waals surface area contributed by atoms with Crippen LogP contribution in [0.15, 0.2) is 73.2 Å². The molecular weight excluding hydrogens is 314 g/mol. The quantitative estimate of drug-likeness (QED) is 0.582. The lowest BCUT2D eigenvalue weighted by Crippen LogP contribution is -2.06. The minimum atomic E-state index is -0.226. The van der Waals surface area contributed by atoms with Gasteiger partial charge in [0.15, 0.2) is 0 Å².